The van der Waals surface area contributed by atoms with Gasteiger partial charge < -0.3 is 15.7 Å². The van der Waals surface area contributed by atoms with E-state index in [9.17, 15) is 9.59 Å². The summed E-state index contributed by atoms with van der Waals surface area (Å²) < 4.78 is 0. The van der Waals surface area contributed by atoms with Gasteiger partial charge in [0.05, 0.1) is 5.56 Å². The average Bonchev–Trinajstić information content (AvgIpc) is 2.31. The fraction of sp³-hybridized carbons (Fsp3) is 0.286. The van der Waals surface area contributed by atoms with Crippen molar-refractivity contribution in [1.82, 2.24) is 5.32 Å². The first-order valence-corrected chi connectivity index (χ1v) is 5.79. The molecule has 100 valence electrons. The van der Waals surface area contributed by atoms with Crippen molar-refractivity contribution in [2.24, 2.45) is 0 Å². The Morgan fingerprint density at radius 2 is 2.16 bits per heavy atom. The third-order valence-corrected chi connectivity index (χ3v) is 2.61. The zero-order valence-corrected chi connectivity index (χ0v) is 10.9. The van der Waals surface area contributed by atoms with Crippen molar-refractivity contribution in [3.05, 3.63) is 29.3 Å². The van der Waals surface area contributed by atoms with E-state index in [1.807, 2.05) is 0 Å². The van der Waals surface area contributed by atoms with Gasteiger partial charge in [-0.15, -0.1) is 12.3 Å². The molecule has 1 aromatic carbocycles. The van der Waals surface area contributed by atoms with Crippen LogP contribution < -0.4 is 10.6 Å². The monoisotopic (exact) mass is 260 g/mol. The molecule has 3 N–H and O–H groups in total. The Balaban J connectivity index is 2.78. The second-order valence-electron chi connectivity index (χ2n) is 4.19. The van der Waals surface area contributed by atoms with Crippen molar-refractivity contribution in [3.63, 3.8) is 0 Å². The topological polar surface area (TPSA) is 78.4 Å². The number of hydrogen-bond donors (Lipinski definition) is 3. The highest BCUT2D eigenvalue weighted by molar-refractivity contribution is 5.95. The summed E-state index contributed by atoms with van der Waals surface area (Å²) >= 11 is 0. The SMILES string of the molecule is C#CCC(C)NC(=O)Nc1cccc(C(=O)O)c1C. The summed E-state index contributed by atoms with van der Waals surface area (Å²) in [7, 11) is 0. The van der Waals surface area contributed by atoms with Crippen LogP contribution in [-0.2, 0) is 0 Å². The van der Waals surface area contributed by atoms with Gasteiger partial charge in [-0.1, -0.05) is 6.07 Å². The van der Waals surface area contributed by atoms with Crippen LogP contribution in [0, 0.1) is 19.3 Å². The molecule has 0 radical (unpaired) electrons. The van der Waals surface area contributed by atoms with Gasteiger partial charge in [0.25, 0.3) is 0 Å². The predicted octanol–water partition coefficient (Wildman–Crippen LogP) is 2.23. The summed E-state index contributed by atoms with van der Waals surface area (Å²) in [4.78, 5) is 22.7. The van der Waals surface area contributed by atoms with E-state index < -0.39 is 12.0 Å². The zero-order valence-electron chi connectivity index (χ0n) is 10.9. The Morgan fingerprint density at radius 3 is 2.74 bits per heavy atom. The first-order valence-electron chi connectivity index (χ1n) is 5.79. The minimum absolute atomic E-state index is 0.145. The normalized spacial score (nSPS) is 11.2. The molecule has 0 heterocycles. The maximum atomic E-state index is 11.7. The number of terminal acetylenes is 1. The minimum atomic E-state index is -1.03. The van der Waals surface area contributed by atoms with Crippen molar-refractivity contribution in [3.8, 4) is 12.3 Å². The van der Waals surface area contributed by atoms with Gasteiger partial charge in [-0.25, -0.2) is 9.59 Å². The van der Waals surface area contributed by atoms with Crippen LogP contribution in [0.2, 0.25) is 0 Å². The molecule has 1 rings (SSSR count). The highest BCUT2D eigenvalue weighted by Gasteiger charge is 2.12. The molecule has 0 fully saturated rings. The number of anilines is 1. The van der Waals surface area contributed by atoms with Gasteiger partial charge in [0.2, 0.25) is 0 Å². The Labute approximate surface area is 112 Å². The van der Waals surface area contributed by atoms with Crippen LogP contribution in [-0.4, -0.2) is 23.1 Å². The lowest BCUT2D eigenvalue weighted by Gasteiger charge is -2.14. The van der Waals surface area contributed by atoms with E-state index in [0.717, 1.165) is 0 Å². The number of carbonyl (C=O) groups is 2. The number of urea groups is 1. The summed E-state index contributed by atoms with van der Waals surface area (Å²) in [6, 6.07) is 4.16. The molecule has 5 heteroatoms. The summed E-state index contributed by atoms with van der Waals surface area (Å²) in [5, 5.41) is 14.3. The maximum absolute atomic E-state index is 11.7. The molecular formula is C14H16N2O3. The van der Waals surface area contributed by atoms with Gasteiger partial charge in [-0.05, 0) is 31.5 Å². The maximum Gasteiger partial charge on any atom is 0.336 e. The minimum Gasteiger partial charge on any atom is -0.478 e. The molecule has 1 aromatic rings. The van der Waals surface area contributed by atoms with E-state index in [0.29, 0.717) is 17.7 Å². The zero-order chi connectivity index (χ0) is 14.4. The quantitative estimate of drug-likeness (QED) is 0.726. The lowest BCUT2D eigenvalue weighted by Crippen LogP contribution is -2.36. The van der Waals surface area contributed by atoms with E-state index in [4.69, 9.17) is 11.5 Å². The highest BCUT2D eigenvalue weighted by Crippen LogP contribution is 2.18. The van der Waals surface area contributed by atoms with Gasteiger partial charge in [0.15, 0.2) is 0 Å². The lowest BCUT2D eigenvalue weighted by molar-refractivity contribution is 0.0696. The lowest BCUT2D eigenvalue weighted by atomic mass is 10.1. The Bertz CT molecular complexity index is 532. The molecule has 1 unspecified atom stereocenters. The summed E-state index contributed by atoms with van der Waals surface area (Å²) in [6.45, 7) is 3.43. The van der Waals surface area contributed by atoms with Gasteiger partial charge in [0, 0.05) is 18.2 Å². The van der Waals surface area contributed by atoms with Crippen LogP contribution in [0.3, 0.4) is 0 Å². The van der Waals surface area contributed by atoms with Crippen LogP contribution in [0.15, 0.2) is 18.2 Å². The Morgan fingerprint density at radius 1 is 1.47 bits per heavy atom. The van der Waals surface area contributed by atoms with E-state index >= 15 is 0 Å². The molecule has 0 spiro atoms. The van der Waals surface area contributed by atoms with Crippen LogP contribution >= 0.6 is 0 Å². The van der Waals surface area contributed by atoms with Gasteiger partial charge >= 0.3 is 12.0 Å². The number of benzene rings is 1. The molecule has 19 heavy (non-hydrogen) atoms. The number of carboxylic acids is 1. The average molecular weight is 260 g/mol. The number of carbonyl (C=O) groups excluding carboxylic acids is 1. The second-order valence-corrected chi connectivity index (χ2v) is 4.19. The molecule has 0 aromatic heterocycles. The molecule has 0 saturated carbocycles. The fourth-order valence-electron chi connectivity index (χ4n) is 1.61. The van der Waals surface area contributed by atoms with Gasteiger partial charge in [-0.3, -0.25) is 0 Å². The van der Waals surface area contributed by atoms with Crippen LogP contribution in [0.4, 0.5) is 10.5 Å². The first-order chi connectivity index (χ1) is 8.95. The van der Waals surface area contributed by atoms with E-state index in [-0.39, 0.29) is 11.6 Å². The number of aromatic carboxylic acids is 1. The number of rotatable bonds is 4. The van der Waals surface area contributed by atoms with Crippen LogP contribution in [0.5, 0.6) is 0 Å². The predicted molar refractivity (Wildman–Crippen MR) is 73.2 cm³/mol. The number of hydrogen-bond acceptors (Lipinski definition) is 2. The molecule has 0 bridgehead atoms. The van der Waals surface area contributed by atoms with Crippen molar-refractivity contribution in [1.29, 1.82) is 0 Å². The smallest absolute Gasteiger partial charge is 0.336 e. The van der Waals surface area contributed by atoms with Crippen LogP contribution in [0.1, 0.15) is 29.3 Å². The molecule has 0 saturated heterocycles. The molecule has 0 aliphatic heterocycles. The van der Waals surface area contributed by atoms with E-state index in [1.54, 1.807) is 26.0 Å². The Kier molecular flexibility index (Phi) is 4.95. The van der Waals surface area contributed by atoms with Gasteiger partial charge in [-0.2, -0.15) is 0 Å². The molecule has 1 atom stereocenters. The summed E-state index contributed by atoms with van der Waals surface area (Å²) in [5.41, 5.74) is 1.13. The van der Waals surface area contributed by atoms with Crippen molar-refractivity contribution in [2.45, 2.75) is 26.3 Å². The molecule has 0 aliphatic carbocycles. The number of amides is 2. The Hall–Kier alpha value is -2.48. The van der Waals surface area contributed by atoms with Crippen molar-refractivity contribution < 1.29 is 14.7 Å². The number of nitrogens with one attached hydrogen (secondary N) is 2. The molecule has 2 amide bonds. The first kappa shape index (κ1) is 14.6. The standard InChI is InChI=1S/C14H16N2O3/c1-4-6-9(2)15-14(19)16-12-8-5-7-11(10(12)3)13(17)18/h1,5,7-9H,6H2,2-3H3,(H,17,18)(H2,15,16,19). The summed E-state index contributed by atoms with van der Waals surface area (Å²) in [6.07, 6.45) is 5.58. The molecule has 5 nitrogen and oxygen atoms in total. The highest BCUT2D eigenvalue weighted by atomic mass is 16.4. The van der Waals surface area contributed by atoms with E-state index in [1.165, 1.54) is 6.07 Å². The second kappa shape index (κ2) is 6.45. The van der Waals surface area contributed by atoms with Crippen molar-refractivity contribution in [2.75, 3.05) is 5.32 Å². The largest absolute Gasteiger partial charge is 0.478 e. The van der Waals surface area contributed by atoms with E-state index in [2.05, 4.69) is 16.6 Å². The third-order valence-electron chi connectivity index (χ3n) is 2.61. The molecular weight excluding hydrogens is 244 g/mol. The fourth-order valence-corrected chi connectivity index (χ4v) is 1.61. The van der Waals surface area contributed by atoms with Gasteiger partial charge in [0.1, 0.15) is 0 Å². The number of carboxylic acid groups (broad SMARTS) is 1. The third kappa shape index (κ3) is 4.03. The van der Waals surface area contributed by atoms with Crippen LogP contribution in [0.25, 0.3) is 0 Å². The summed E-state index contributed by atoms with van der Waals surface area (Å²) in [5.74, 6) is 1.43. The van der Waals surface area contributed by atoms with Crippen molar-refractivity contribution >= 4 is 17.7 Å². The molecule has 0 aliphatic rings.